The number of amides is 3. The first-order chi connectivity index (χ1) is 15.6. The van der Waals surface area contributed by atoms with Gasteiger partial charge in [-0.15, -0.1) is 0 Å². The molecular formula is C23H31F3N4O3. The van der Waals surface area contributed by atoms with Gasteiger partial charge in [0.1, 0.15) is 11.2 Å². The van der Waals surface area contributed by atoms with E-state index in [1.165, 1.54) is 0 Å². The number of fused-ring (bicyclic) bond motifs is 1. The molecule has 10 heteroatoms. The van der Waals surface area contributed by atoms with Crippen LogP contribution in [0.4, 0.5) is 13.2 Å². The molecule has 0 bridgehead atoms. The van der Waals surface area contributed by atoms with Gasteiger partial charge in [-0.25, -0.2) is 13.2 Å². The Morgan fingerprint density at radius 3 is 2.33 bits per heavy atom. The van der Waals surface area contributed by atoms with E-state index in [0.717, 1.165) is 12.5 Å². The number of benzene rings is 1. The van der Waals surface area contributed by atoms with Gasteiger partial charge in [0.05, 0.1) is 6.04 Å². The van der Waals surface area contributed by atoms with Gasteiger partial charge in [0, 0.05) is 44.1 Å². The molecule has 1 aliphatic carbocycles. The fraction of sp³-hybridized carbons (Fsp3) is 0.609. The van der Waals surface area contributed by atoms with Crippen molar-refractivity contribution in [3.8, 4) is 0 Å². The van der Waals surface area contributed by atoms with Gasteiger partial charge in [-0.2, -0.15) is 0 Å². The minimum atomic E-state index is -1.28. The molecule has 2 unspecified atom stereocenters. The summed E-state index contributed by atoms with van der Waals surface area (Å²) in [6.07, 6.45) is 1.47. The lowest BCUT2D eigenvalue weighted by Crippen LogP contribution is -2.46. The lowest BCUT2D eigenvalue weighted by Gasteiger charge is -2.27. The number of rotatable bonds is 6. The smallest absolute Gasteiger partial charge is 0.238 e. The zero-order chi connectivity index (χ0) is 24.5. The van der Waals surface area contributed by atoms with Crippen LogP contribution in [0.25, 0.3) is 0 Å². The maximum absolute atomic E-state index is 13.9. The number of nitrogens with zero attached hydrogens (tertiary/aromatic N) is 2. The van der Waals surface area contributed by atoms with Crippen LogP contribution >= 0.6 is 0 Å². The summed E-state index contributed by atoms with van der Waals surface area (Å²) in [5.41, 5.74) is 10.2. The molecule has 7 nitrogen and oxygen atoms in total. The van der Waals surface area contributed by atoms with E-state index in [2.05, 4.69) is 0 Å². The Morgan fingerprint density at radius 2 is 1.73 bits per heavy atom. The molecule has 3 amide bonds. The normalized spacial score (nSPS) is 23.5. The molecule has 0 aromatic heterocycles. The van der Waals surface area contributed by atoms with Gasteiger partial charge in [-0.1, -0.05) is 13.8 Å². The zero-order valence-electron chi connectivity index (χ0n) is 19.0. The highest BCUT2D eigenvalue weighted by Crippen LogP contribution is 2.48. The monoisotopic (exact) mass is 468 g/mol. The Bertz CT molecular complexity index is 938. The summed E-state index contributed by atoms with van der Waals surface area (Å²) in [4.78, 5) is 40.6. The fourth-order valence-corrected chi connectivity index (χ4v) is 4.85. The average Bonchev–Trinajstić information content (AvgIpc) is 3.33. The predicted molar refractivity (Wildman–Crippen MR) is 115 cm³/mol. The largest absolute Gasteiger partial charge is 0.369 e. The first kappa shape index (κ1) is 25.0. The molecule has 1 saturated carbocycles. The van der Waals surface area contributed by atoms with Crippen LogP contribution in [0.3, 0.4) is 0 Å². The van der Waals surface area contributed by atoms with Gasteiger partial charge in [-0.3, -0.25) is 14.4 Å². The molecule has 33 heavy (non-hydrogen) atoms. The van der Waals surface area contributed by atoms with E-state index in [4.69, 9.17) is 11.5 Å². The van der Waals surface area contributed by atoms with E-state index in [-0.39, 0.29) is 42.2 Å². The van der Waals surface area contributed by atoms with E-state index in [1.807, 2.05) is 13.8 Å². The van der Waals surface area contributed by atoms with Crippen molar-refractivity contribution in [2.45, 2.75) is 58.0 Å². The second kappa shape index (κ2) is 9.70. The standard InChI is InChI=1S/C21H25F3N4O3.C2H6/c22-14-8-16(24)15(23)6-12(14)5-13(25)7-18(29)28-4-1-11-9-27(10-17(11)28)20(31)21(2-3-21)19(26)30;1-2/h6,8,11,13,17H,1-5,7,9-10,25H2,(H2,26,30);1-2H3/t11-,13?,17?;/m0./s1. The van der Waals surface area contributed by atoms with Crippen LogP contribution in [0.2, 0.25) is 0 Å². The molecule has 1 aromatic rings. The zero-order valence-corrected chi connectivity index (χ0v) is 19.0. The number of carbonyl (C=O) groups is 3. The van der Waals surface area contributed by atoms with Crippen LogP contribution in [0.5, 0.6) is 0 Å². The summed E-state index contributed by atoms with van der Waals surface area (Å²) in [5, 5.41) is 0. The highest BCUT2D eigenvalue weighted by Gasteiger charge is 2.59. The number of hydrogen-bond acceptors (Lipinski definition) is 4. The third-order valence-corrected chi connectivity index (χ3v) is 6.79. The number of nitrogens with two attached hydrogens (primary N) is 2. The Labute approximate surface area is 191 Å². The Hall–Kier alpha value is -2.62. The molecule has 182 valence electrons. The summed E-state index contributed by atoms with van der Waals surface area (Å²) in [7, 11) is 0. The molecule has 3 fully saturated rings. The van der Waals surface area contributed by atoms with Crippen molar-refractivity contribution in [3.05, 3.63) is 35.1 Å². The fourth-order valence-electron chi connectivity index (χ4n) is 4.85. The molecule has 2 heterocycles. The van der Waals surface area contributed by atoms with E-state index in [0.29, 0.717) is 38.5 Å². The highest BCUT2D eigenvalue weighted by molar-refractivity contribution is 6.07. The van der Waals surface area contributed by atoms with Crippen LogP contribution in [0, 0.1) is 28.8 Å². The van der Waals surface area contributed by atoms with Gasteiger partial charge in [0.2, 0.25) is 17.7 Å². The second-order valence-corrected chi connectivity index (χ2v) is 8.89. The van der Waals surface area contributed by atoms with E-state index < -0.39 is 34.8 Å². The highest BCUT2D eigenvalue weighted by atomic mass is 19.2. The van der Waals surface area contributed by atoms with Crippen LogP contribution in [-0.2, 0) is 20.8 Å². The molecule has 1 aromatic carbocycles. The quantitative estimate of drug-likeness (QED) is 0.489. The predicted octanol–water partition coefficient (Wildman–Crippen LogP) is 1.71. The number of halogens is 3. The number of likely N-dealkylation sites (tertiary alicyclic amines) is 2. The van der Waals surface area contributed by atoms with E-state index in [9.17, 15) is 27.6 Å². The molecule has 4 N–H and O–H groups in total. The Balaban J connectivity index is 0.00000149. The molecule has 0 radical (unpaired) electrons. The summed E-state index contributed by atoms with van der Waals surface area (Å²) < 4.78 is 40.3. The lowest BCUT2D eigenvalue weighted by atomic mass is 10.0. The average molecular weight is 469 g/mol. The van der Waals surface area contributed by atoms with Gasteiger partial charge in [0.15, 0.2) is 11.6 Å². The van der Waals surface area contributed by atoms with Crippen molar-refractivity contribution in [2.75, 3.05) is 19.6 Å². The number of carbonyl (C=O) groups excluding carboxylic acids is 3. The van der Waals surface area contributed by atoms with E-state index in [1.54, 1.807) is 9.80 Å². The second-order valence-electron chi connectivity index (χ2n) is 8.89. The van der Waals surface area contributed by atoms with Crippen molar-refractivity contribution in [2.24, 2.45) is 22.8 Å². The molecule has 4 rings (SSSR count). The summed E-state index contributed by atoms with van der Waals surface area (Å²) in [6.45, 7) is 5.36. The van der Waals surface area contributed by atoms with Gasteiger partial charge < -0.3 is 21.3 Å². The topological polar surface area (TPSA) is 110 Å². The SMILES string of the molecule is CC.NC(=O)C1(C(=O)N2CC3[C@@H](CCN3C(=O)CC(N)Cc3cc(F)c(F)cc3F)C2)CC1. The molecule has 3 aliphatic rings. The minimum absolute atomic E-state index is 0.0825. The number of primary amides is 1. The van der Waals surface area contributed by atoms with Crippen molar-refractivity contribution < 1.29 is 27.6 Å². The maximum Gasteiger partial charge on any atom is 0.238 e. The van der Waals surface area contributed by atoms with Crippen molar-refractivity contribution in [1.82, 2.24) is 9.80 Å². The molecular weight excluding hydrogens is 437 g/mol. The van der Waals surface area contributed by atoms with Crippen LogP contribution in [0.1, 0.15) is 45.1 Å². The Morgan fingerprint density at radius 1 is 1.09 bits per heavy atom. The summed E-state index contributed by atoms with van der Waals surface area (Å²) >= 11 is 0. The lowest BCUT2D eigenvalue weighted by molar-refractivity contribution is -0.143. The van der Waals surface area contributed by atoms with Crippen LogP contribution < -0.4 is 11.5 Å². The third-order valence-electron chi connectivity index (χ3n) is 6.79. The third kappa shape index (κ3) is 4.85. The Kier molecular flexibility index (Phi) is 7.36. The molecule has 0 spiro atoms. The summed E-state index contributed by atoms with van der Waals surface area (Å²) in [5.74, 6) is -4.32. The maximum atomic E-state index is 13.9. The minimum Gasteiger partial charge on any atom is -0.369 e. The van der Waals surface area contributed by atoms with Crippen LogP contribution in [0.15, 0.2) is 12.1 Å². The first-order valence-electron chi connectivity index (χ1n) is 11.4. The molecule has 2 aliphatic heterocycles. The molecule has 3 atom stereocenters. The summed E-state index contributed by atoms with van der Waals surface area (Å²) in [6, 6.07) is 0.294. The first-order valence-corrected chi connectivity index (χ1v) is 11.4. The van der Waals surface area contributed by atoms with Crippen molar-refractivity contribution in [1.29, 1.82) is 0 Å². The molecule has 2 saturated heterocycles. The number of hydrogen-bond donors (Lipinski definition) is 2. The van der Waals surface area contributed by atoms with Gasteiger partial charge in [-0.05, 0) is 37.3 Å². The van der Waals surface area contributed by atoms with Gasteiger partial charge in [0.25, 0.3) is 0 Å². The van der Waals surface area contributed by atoms with Gasteiger partial charge >= 0.3 is 0 Å². The van der Waals surface area contributed by atoms with E-state index >= 15 is 0 Å². The van der Waals surface area contributed by atoms with Crippen LogP contribution in [-0.4, -0.2) is 59.2 Å². The van der Waals surface area contributed by atoms with Crippen molar-refractivity contribution in [3.63, 3.8) is 0 Å². The van der Waals surface area contributed by atoms with Crippen molar-refractivity contribution >= 4 is 17.7 Å².